The maximum atomic E-state index is 14.6. The van der Waals surface area contributed by atoms with E-state index in [0.717, 1.165) is 54.9 Å². The van der Waals surface area contributed by atoms with Crippen LogP contribution in [0.5, 0.6) is 5.75 Å². The highest BCUT2D eigenvalue weighted by atomic mass is 19.2. The standard InChI is InChI=1S/C31H44F2O/c1-3-5-6-7-22-8-10-23(11-9-22)24-12-14-25(15-13-24)26-16-18-27(19-17-26)28-20-21-29(34-4-2)31(33)30(28)32/h5-6,18,20-26H,3-4,7-17,19H2,1-2H3/b6-5-. The van der Waals surface area contributed by atoms with Gasteiger partial charge in [0.15, 0.2) is 11.6 Å². The SMILES string of the molecule is CC/C=C\CC1CCC(C2CCC(C3CC=C(c4ccc(OCC)c(F)c4F)CC3)CC2)CC1. The maximum Gasteiger partial charge on any atom is 0.201 e. The van der Waals surface area contributed by atoms with Crippen molar-refractivity contribution in [2.45, 2.75) is 97.3 Å². The van der Waals surface area contributed by atoms with Gasteiger partial charge in [-0.2, -0.15) is 4.39 Å². The van der Waals surface area contributed by atoms with Crippen molar-refractivity contribution in [3.63, 3.8) is 0 Å². The molecule has 0 spiro atoms. The first kappa shape index (κ1) is 25.5. The zero-order valence-corrected chi connectivity index (χ0v) is 21.3. The molecule has 3 aliphatic carbocycles. The van der Waals surface area contributed by atoms with Gasteiger partial charge in [-0.15, -0.1) is 0 Å². The van der Waals surface area contributed by atoms with Crippen LogP contribution in [0.2, 0.25) is 0 Å². The topological polar surface area (TPSA) is 9.23 Å². The zero-order valence-electron chi connectivity index (χ0n) is 21.3. The second-order valence-corrected chi connectivity index (χ2v) is 11.0. The van der Waals surface area contributed by atoms with Crippen molar-refractivity contribution in [2.75, 3.05) is 6.61 Å². The molecule has 1 aromatic carbocycles. The molecule has 34 heavy (non-hydrogen) atoms. The molecule has 0 amide bonds. The smallest absolute Gasteiger partial charge is 0.201 e. The molecule has 2 saturated carbocycles. The fourth-order valence-electron chi connectivity index (χ4n) is 7.01. The van der Waals surface area contributed by atoms with Crippen molar-refractivity contribution >= 4 is 5.57 Å². The Morgan fingerprint density at radius 2 is 1.44 bits per heavy atom. The van der Waals surface area contributed by atoms with E-state index < -0.39 is 11.6 Å². The molecular formula is C31H44F2O. The van der Waals surface area contributed by atoms with Crippen LogP contribution < -0.4 is 4.74 Å². The van der Waals surface area contributed by atoms with Crippen molar-refractivity contribution in [2.24, 2.45) is 29.6 Å². The first-order chi connectivity index (χ1) is 16.6. The van der Waals surface area contributed by atoms with Crippen LogP contribution in [0.4, 0.5) is 8.78 Å². The van der Waals surface area contributed by atoms with Crippen molar-refractivity contribution in [1.29, 1.82) is 0 Å². The van der Waals surface area contributed by atoms with E-state index in [1.165, 1.54) is 57.8 Å². The lowest BCUT2D eigenvalue weighted by atomic mass is 9.65. The highest BCUT2D eigenvalue weighted by Gasteiger charge is 2.34. The van der Waals surface area contributed by atoms with Crippen molar-refractivity contribution in [1.82, 2.24) is 0 Å². The highest BCUT2D eigenvalue weighted by Crippen LogP contribution is 2.46. The van der Waals surface area contributed by atoms with Gasteiger partial charge in [-0.1, -0.05) is 25.2 Å². The summed E-state index contributed by atoms with van der Waals surface area (Å²) in [4.78, 5) is 0. The summed E-state index contributed by atoms with van der Waals surface area (Å²) >= 11 is 0. The molecule has 1 nitrogen and oxygen atoms in total. The minimum Gasteiger partial charge on any atom is -0.491 e. The minimum absolute atomic E-state index is 0.0108. The highest BCUT2D eigenvalue weighted by molar-refractivity contribution is 5.67. The Morgan fingerprint density at radius 3 is 2.03 bits per heavy atom. The maximum absolute atomic E-state index is 14.6. The van der Waals surface area contributed by atoms with Crippen LogP contribution in [0.15, 0.2) is 30.4 Å². The molecule has 4 rings (SSSR count). The molecule has 1 aromatic rings. The third kappa shape index (κ3) is 6.13. The summed E-state index contributed by atoms with van der Waals surface area (Å²) in [5.74, 6) is 2.75. The van der Waals surface area contributed by atoms with E-state index in [9.17, 15) is 8.78 Å². The summed E-state index contributed by atoms with van der Waals surface area (Å²) in [6, 6.07) is 3.26. The third-order valence-electron chi connectivity index (χ3n) is 9.06. The van der Waals surface area contributed by atoms with E-state index in [0.29, 0.717) is 18.1 Å². The van der Waals surface area contributed by atoms with Gasteiger partial charge < -0.3 is 4.74 Å². The quantitative estimate of drug-likeness (QED) is 0.344. The summed E-state index contributed by atoms with van der Waals surface area (Å²) in [5, 5.41) is 0. The van der Waals surface area contributed by atoms with Crippen LogP contribution >= 0.6 is 0 Å². The molecule has 0 aromatic heterocycles. The first-order valence-corrected chi connectivity index (χ1v) is 14.1. The van der Waals surface area contributed by atoms with Gasteiger partial charge in [-0.05, 0) is 138 Å². The first-order valence-electron chi connectivity index (χ1n) is 14.1. The largest absolute Gasteiger partial charge is 0.491 e. The molecule has 0 bridgehead atoms. The normalized spacial score (nSPS) is 30.4. The summed E-state index contributed by atoms with van der Waals surface area (Å²) in [5.41, 5.74) is 1.39. The van der Waals surface area contributed by atoms with Gasteiger partial charge in [0.05, 0.1) is 6.61 Å². The third-order valence-corrected chi connectivity index (χ3v) is 9.06. The van der Waals surface area contributed by atoms with Crippen LogP contribution in [0.1, 0.15) is 103 Å². The molecule has 0 N–H and O–H groups in total. The Labute approximate surface area is 206 Å². The van der Waals surface area contributed by atoms with E-state index >= 15 is 0 Å². The summed E-state index contributed by atoms with van der Waals surface area (Å²) in [6.07, 6.45) is 23.6. The van der Waals surface area contributed by atoms with Crippen molar-refractivity contribution < 1.29 is 13.5 Å². The number of ether oxygens (including phenoxy) is 1. The number of rotatable bonds is 8. The Bertz CT molecular complexity index is 841. The molecule has 0 saturated heterocycles. The number of hydrogen-bond donors (Lipinski definition) is 0. The van der Waals surface area contributed by atoms with Gasteiger partial charge in [-0.3, -0.25) is 0 Å². The second-order valence-electron chi connectivity index (χ2n) is 11.0. The predicted molar refractivity (Wildman–Crippen MR) is 138 cm³/mol. The zero-order chi connectivity index (χ0) is 23.9. The van der Waals surface area contributed by atoms with E-state index in [-0.39, 0.29) is 5.75 Å². The molecule has 1 atom stereocenters. The fourth-order valence-corrected chi connectivity index (χ4v) is 7.01. The van der Waals surface area contributed by atoms with Crippen molar-refractivity contribution in [3.8, 4) is 5.75 Å². The van der Waals surface area contributed by atoms with Gasteiger partial charge in [-0.25, -0.2) is 4.39 Å². The van der Waals surface area contributed by atoms with Crippen LogP contribution in [-0.2, 0) is 0 Å². The van der Waals surface area contributed by atoms with Gasteiger partial charge in [0.1, 0.15) is 0 Å². The van der Waals surface area contributed by atoms with E-state index in [1.807, 2.05) is 0 Å². The number of halogens is 2. The summed E-state index contributed by atoms with van der Waals surface area (Å²) in [6.45, 7) is 4.33. The molecule has 188 valence electrons. The average molecular weight is 471 g/mol. The number of benzene rings is 1. The predicted octanol–water partition coefficient (Wildman–Crippen LogP) is 9.52. The lowest BCUT2D eigenvalue weighted by Gasteiger charge is -2.40. The van der Waals surface area contributed by atoms with E-state index in [2.05, 4.69) is 25.2 Å². The lowest BCUT2D eigenvalue weighted by Crippen LogP contribution is -2.28. The summed E-state index contributed by atoms with van der Waals surface area (Å²) in [7, 11) is 0. The van der Waals surface area contributed by atoms with Gasteiger partial charge in [0.25, 0.3) is 0 Å². The average Bonchev–Trinajstić information content (AvgIpc) is 2.88. The Balaban J connectivity index is 1.24. The Morgan fingerprint density at radius 1 is 0.794 bits per heavy atom. The molecule has 1 unspecified atom stereocenters. The number of hydrogen-bond acceptors (Lipinski definition) is 1. The van der Waals surface area contributed by atoms with Crippen LogP contribution in [0, 0.1) is 41.2 Å². The molecular weight excluding hydrogens is 426 g/mol. The van der Waals surface area contributed by atoms with Gasteiger partial charge >= 0.3 is 0 Å². The van der Waals surface area contributed by atoms with Gasteiger partial charge in [0.2, 0.25) is 5.82 Å². The fraction of sp³-hybridized carbons (Fsp3) is 0.677. The molecule has 3 aliphatic rings. The molecule has 0 radical (unpaired) electrons. The van der Waals surface area contributed by atoms with Crippen LogP contribution in [-0.4, -0.2) is 6.61 Å². The molecule has 3 heteroatoms. The van der Waals surface area contributed by atoms with Crippen LogP contribution in [0.25, 0.3) is 5.57 Å². The summed E-state index contributed by atoms with van der Waals surface area (Å²) < 4.78 is 34.2. The second kappa shape index (κ2) is 12.4. The van der Waals surface area contributed by atoms with Gasteiger partial charge in [0, 0.05) is 5.56 Å². The number of allylic oxidation sites excluding steroid dienone is 4. The molecule has 0 heterocycles. The minimum atomic E-state index is -0.854. The van der Waals surface area contributed by atoms with E-state index in [1.54, 1.807) is 19.1 Å². The lowest BCUT2D eigenvalue weighted by molar-refractivity contribution is 0.123. The molecule has 0 aliphatic heterocycles. The van der Waals surface area contributed by atoms with Crippen LogP contribution in [0.3, 0.4) is 0 Å². The molecule has 2 fully saturated rings. The van der Waals surface area contributed by atoms with Crippen molar-refractivity contribution in [3.05, 3.63) is 47.6 Å². The Kier molecular flexibility index (Phi) is 9.25. The Hall–Kier alpha value is -1.64. The monoisotopic (exact) mass is 470 g/mol. The van der Waals surface area contributed by atoms with E-state index in [4.69, 9.17) is 4.74 Å².